The molecule has 2 unspecified atom stereocenters. The lowest BCUT2D eigenvalue weighted by molar-refractivity contribution is -0.142. The summed E-state index contributed by atoms with van der Waals surface area (Å²) in [5.74, 6) is -0.274. The summed E-state index contributed by atoms with van der Waals surface area (Å²) in [5, 5.41) is 29.2. The molecule has 0 aromatic heterocycles. The molecule has 0 spiro atoms. The number of aliphatic hydroxyl groups excluding tert-OH is 3. The average Bonchev–Trinajstić information content (AvgIpc) is 2.59. The first-order valence-corrected chi connectivity index (χ1v) is 8.91. The first kappa shape index (κ1) is 24.5. The molecule has 0 saturated carbocycles. The van der Waals surface area contributed by atoms with Gasteiger partial charge in [0.2, 0.25) is 5.91 Å². The molecule has 0 aliphatic carbocycles. The summed E-state index contributed by atoms with van der Waals surface area (Å²) >= 11 is 0. The largest absolute Gasteiger partial charge is 0.397 e. The fraction of sp³-hybridized carbons (Fsp3) is 0.632. The summed E-state index contributed by atoms with van der Waals surface area (Å²) in [6.45, 7) is 6.64. The van der Waals surface area contributed by atoms with Crippen molar-refractivity contribution in [2.75, 3.05) is 13.2 Å². The van der Waals surface area contributed by atoms with Crippen LogP contribution in [-0.2, 0) is 16.0 Å². The van der Waals surface area contributed by atoms with Crippen LogP contribution in [0.5, 0.6) is 0 Å². The number of ether oxygens (including phenoxy) is 1. The SMILES string of the molecule is CC(O)C(O[C@H](C)C(=O)N[C@@H](C)Cc1ccccc1)[C@@H](N)CO.CCO. The van der Waals surface area contributed by atoms with Crippen molar-refractivity contribution in [3.63, 3.8) is 0 Å². The van der Waals surface area contributed by atoms with Gasteiger partial charge in [-0.2, -0.15) is 0 Å². The van der Waals surface area contributed by atoms with Crippen molar-refractivity contribution in [3.05, 3.63) is 35.9 Å². The molecule has 7 nitrogen and oxygen atoms in total. The van der Waals surface area contributed by atoms with Crippen LogP contribution in [0.2, 0.25) is 0 Å². The summed E-state index contributed by atoms with van der Waals surface area (Å²) in [7, 11) is 0. The molecular weight excluding hydrogens is 336 g/mol. The van der Waals surface area contributed by atoms with E-state index in [0.717, 1.165) is 12.0 Å². The minimum Gasteiger partial charge on any atom is -0.397 e. The maximum absolute atomic E-state index is 12.2. The molecule has 6 N–H and O–H groups in total. The van der Waals surface area contributed by atoms with Crippen LogP contribution in [0.15, 0.2) is 30.3 Å². The standard InChI is InChI=1S/C17H28N2O4.C2H6O/c1-11(9-14-7-5-4-6-8-14)19-17(22)13(3)23-16(12(2)21)15(18)10-20;1-2-3/h4-8,11-13,15-16,20-21H,9-10,18H2,1-3H3,(H,19,22);3H,2H2,1H3/t11-,12?,13+,15-,16?;/m0./s1. The van der Waals surface area contributed by atoms with Gasteiger partial charge in [0, 0.05) is 12.6 Å². The third-order valence-electron chi connectivity index (χ3n) is 3.61. The van der Waals surface area contributed by atoms with Crippen LogP contribution in [0.1, 0.15) is 33.3 Å². The minimum atomic E-state index is -0.880. The number of carbonyl (C=O) groups excluding carboxylic acids is 1. The van der Waals surface area contributed by atoms with E-state index in [9.17, 15) is 9.90 Å². The van der Waals surface area contributed by atoms with Gasteiger partial charge in [0.05, 0.1) is 18.8 Å². The second kappa shape index (κ2) is 13.7. The molecule has 7 heteroatoms. The number of hydrogen-bond acceptors (Lipinski definition) is 6. The molecule has 1 aromatic carbocycles. The Hall–Kier alpha value is -1.51. The molecule has 1 amide bonds. The topological polar surface area (TPSA) is 125 Å². The molecule has 1 rings (SSSR count). The first-order chi connectivity index (χ1) is 12.3. The maximum Gasteiger partial charge on any atom is 0.249 e. The lowest BCUT2D eigenvalue weighted by Gasteiger charge is -2.28. The lowest BCUT2D eigenvalue weighted by Crippen LogP contribution is -2.50. The zero-order chi connectivity index (χ0) is 20.1. The number of aliphatic hydroxyl groups is 3. The van der Waals surface area contributed by atoms with Gasteiger partial charge in [0.1, 0.15) is 12.2 Å². The molecule has 0 fully saturated rings. The molecule has 1 aromatic rings. The van der Waals surface area contributed by atoms with E-state index in [4.69, 9.17) is 20.7 Å². The van der Waals surface area contributed by atoms with Crippen molar-refractivity contribution >= 4 is 5.91 Å². The predicted octanol–water partition coefficient (Wildman–Crippen LogP) is 0.207. The van der Waals surface area contributed by atoms with Crippen molar-refractivity contribution in [1.29, 1.82) is 0 Å². The molecule has 150 valence electrons. The van der Waals surface area contributed by atoms with Crippen LogP contribution >= 0.6 is 0 Å². The monoisotopic (exact) mass is 370 g/mol. The first-order valence-electron chi connectivity index (χ1n) is 8.91. The fourth-order valence-corrected chi connectivity index (χ4v) is 2.35. The molecule has 5 atom stereocenters. The Morgan fingerprint density at radius 1 is 1.19 bits per heavy atom. The van der Waals surface area contributed by atoms with E-state index in [1.165, 1.54) is 6.92 Å². The zero-order valence-electron chi connectivity index (χ0n) is 16.1. The van der Waals surface area contributed by atoms with Crippen LogP contribution in [0, 0.1) is 0 Å². The number of nitrogens with one attached hydrogen (secondary N) is 1. The minimum absolute atomic E-state index is 0.0486. The van der Waals surface area contributed by atoms with Gasteiger partial charge < -0.3 is 31.1 Å². The van der Waals surface area contributed by atoms with E-state index in [-0.39, 0.29) is 25.2 Å². The quantitative estimate of drug-likeness (QED) is 0.423. The van der Waals surface area contributed by atoms with E-state index in [1.54, 1.807) is 13.8 Å². The Labute approximate surface area is 156 Å². The third-order valence-corrected chi connectivity index (χ3v) is 3.61. The Morgan fingerprint density at radius 2 is 1.73 bits per heavy atom. The van der Waals surface area contributed by atoms with Crippen LogP contribution in [0.3, 0.4) is 0 Å². The molecule has 0 aliphatic heterocycles. The summed E-state index contributed by atoms with van der Waals surface area (Å²) in [6, 6.07) is 9.08. The maximum atomic E-state index is 12.2. The van der Waals surface area contributed by atoms with Crippen molar-refractivity contribution in [3.8, 4) is 0 Å². The number of rotatable bonds is 9. The second-order valence-electron chi connectivity index (χ2n) is 6.25. The lowest BCUT2D eigenvalue weighted by atomic mass is 10.1. The van der Waals surface area contributed by atoms with Gasteiger partial charge in [0.25, 0.3) is 0 Å². The number of carbonyl (C=O) groups is 1. The van der Waals surface area contributed by atoms with Gasteiger partial charge in [-0.1, -0.05) is 30.3 Å². The highest BCUT2D eigenvalue weighted by molar-refractivity contribution is 5.80. The van der Waals surface area contributed by atoms with Crippen LogP contribution in [0.4, 0.5) is 0 Å². The molecule has 0 radical (unpaired) electrons. The predicted molar refractivity (Wildman–Crippen MR) is 102 cm³/mol. The third kappa shape index (κ3) is 9.84. The fourth-order valence-electron chi connectivity index (χ4n) is 2.35. The number of amides is 1. The molecule has 0 saturated heterocycles. The number of benzene rings is 1. The number of hydrogen-bond donors (Lipinski definition) is 5. The van der Waals surface area contributed by atoms with E-state index in [1.807, 2.05) is 37.3 Å². The van der Waals surface area contributed by atoms with E-state index in [2.05, 4.69) is 5.32 Å². The van der Waals surface area contributed by atoms with Crippen molar-refractivity contribution in [1.82, 2.24) is 5.32 Å². The van der Waals surface area contributed by atoms with Crippen LogP contribution in [0.25, 0.3) is 0 Å². The second-order valence-corrected chi connectivity index (χ2v) is 6.25. The molecular formula is C19H34N2O5. The van der Waals surface area contributed by atoms with Gasteiger partial charge in [-0.15, -0.1) is 0 Å². The van der Waals surface area contributed by atoms with Crippen LogP contribution in [-0.4, -0.2) is 64.8 Å². The van der Waals surface area contributed by atoms with Gasteiger partial charge in [-0.3, -0.25) is 4.79 Å². The molecule has 26 heavy (non-hydrogen) atoms. The highest BCUT2D eigenvalue weighted by Gasteiger charge is 2.28. The summed E-state index contributed by atoms with van der Waals surface area (Å²) < 4.78 is 5.53. The van der Waals surface area contributed by atoms with E-state index >= 15 is 0 Å². The number of nitrogens with two attached hydrogens (primary N) is 1. The van der Waals surface area contributed by atoms with Crippen molar-refractivity contribution in [2.24, 2.45) is 5.73 Å². The Balaban J connectivity index is 0.00000194. The highest BCUT2D eigenvalue weighted by atomic mass is 16.5. The summed E-state index contributed by atoms with van der Waals surface area (Å²) in [5.41, 5.74) is 6.84. The molecule has 0 heterocycles. The van der Waals surface area contributed by atoms with Gasteiger partial charge in [-0.25, -0.2) is 0 Å². The molecule has 0 bridgehead atoms. The van der Waals surface area contributed by atoms with Gasteiger partial charge in [-0.05, 0) is 39.7 Å². The molecule has 0 aliphatic rings. The zero-order valence-corrected chi connectivity index (χ0v) is 16.1. The Kier molecular flexibility index (Phi) is 12.9. The van der Waals surface area contributed by atoms with Crippen molar-refractivity contribution in [2.45, 2.75) is 64.5 Å². The summed E-state index contributed by atoms with van der Waals surface area (Å²) in [4.78, 5) is 12.2. The van der Waals surface area contributed by atoms with Gasteiger partial charge >= 0.3 is 0 Å². The Morgan fingerprint density at radius 3 is 2.19 bits per heavy atom. The smallest absolute Gasteiger partial charge is 0.249 e. The van der Waals surface area contributed by atoms with E-state index < -0.39 is 24.4 Å². The Bertz CT molecular complexity index is 484. The highest BCUT2D eigenvalue weighted by Crippen LogP contribution is 2.09. The normalized spacial score (nSPS) is 16.5. The average molecular weight is 370 g/mol. The van der Waals surface area contributed by atoms with Crippen LogP contribution < -0.4 is 11.1 Å². The summed E-state index contributed by atoms with van der Waals surface area (Å²) in [6.07, 6.45) is -1.74. The van der Waals surface area contributed by atoms with Gasteiger partial charge in [0.15, 0.2) is 0 Å². The van der Waals surface area contributed by atoms with Crippen molar-refractivity contribution < 1.29 is 24.9 Å². The van der Waals surface area contributed by atoms with E-state index in [0.29, 0.717) is 0 Å².